The summed E-state index contributed by atoms with van der Waals surface area (Å²) in [6.07, 6.45) is 5.11. The Morgan fingerprint density at radius 2 is 1.98 bits per heavy atom. The van der Waals surface area contributed by atoms with E-state index >= 15 is 4.39 Å². The summed E-state index contributed by atoms with van der Waals surface area (Å²) in [5, 5.41) is 3.06. The third-order valence-corrected chi connectivity index (χ3v) is 8.13. The van der Waals surface area contributed by atoms with E-state index in [0.29, 0.717) is 52.9 Å². The summed E-state index contributed by atoms with van der Waals surface area (Å²) in [5.74, 6) is -1.54. The van der Waals surface area contributed by atoms with Crippen molar-refractivity contribution in [3.8, 4) is 11.1 Å². The maximum atomic E-state index is 15.0. The molecule has 0 aliphatic carbocycles. The fraction of sp³-hybridized carbons (Fsp3) is 0.312. The van der Waals surface area contributed by atoms with Gasteiger partial charge in [-0.05, 0) is 66.3 Å². The van der Waals surface area contributed by atoms with E-state index in [1.165, 1.54) is 19.3 Å². The smallest absolute Gasteiger partial charge is 0.309 e. The highest BCUT2D eigenvalue weighted by Gasteiger charge is 2.33. The fourth-order valence-electron chi connectivity index (χ4n) is 5.56. The first kappa shape index (κ1) is 28.5. The number of fused-ring (bicyclic) bond motifs is 4. The van der Waals surface area contributed by atoms with Gasteiger partial charge in [-0.2, -0.15) is 0 Å². The van der Waals surface area contributed by atoms with Gasteiger partial charge in [0.05, 0.1) is 30.3 Å². The van der Waals surface area contributed by atoms with Crippen molar-refractivity contribution in [2.24, 2.45) is 5.92 Å². The summed E-state index contributed by atoms with van der Waals surface area (Å²) >= 11 is 6.07. The number of nitrogens with zero attached hydrogens (tertiary/aromatic N) is 2. The van der Waals surface area contributed by atoms with Crippen molar-refractivity contribution in [2.75, 3.05) is 19.0 Å². The number of ether oxygens (including phenoxy) is 1. The van der Waals surface area contributed by atoms with Crippen molar-refractivity contribution in [1.82, 2.24) is 9.88 Å². The van der Waals surface area contributed by atoms with Crippen LogP contribution in [0.1, 0.15) is 54.6 Å². The first-order valence-corrected chi connectivity index (χ1v) is 14.0. The highest BCUT2D eigenvalue weighted by atomic mass is 35.5. The molecule has 2 bridgehead atoms. The third-order valence-electron chi connectivity index (χ3n) is 7.84. The summed E-state index contributed by atoms with van der Waals surface area (Å²) in [4.78, 5) is 44.8. The van der Waals surface area contributed by atoms with Gasteiger partial charge in [0.1, 0.15) is 5.82 Å². The molecule has 2 atom stereocenters. The van der Waals surface area contributed by atoms with Gasteiger partial charge in [-0.25, -0.2) is 4.39 Å². The number of nitrogens with one attached hydrogen (secondary N) is 1. The van der Waals surface area contributed by atoms with Crippen molar-refractivity contribution >= 4 is 40.6 Å². The number of amides is 2. The van der Waals surface area contributed by atoms with E-state index in [0.717, 1.165) is 11.1 Å². The molecule has 0 spiro atoms. The monoisotopic (exact) mass is 575 g/mol. The lowest BCUT2D eigenvalue weighted by molar-refractivity contribution is -0.139. The van der Waals surface area contributed by atoms with Crippen molar-refractivity contribution in [1.29, 1.82) is 0 Å². The number of halogens is 2. The molecule has 212 valence electrons. The number of carbonyl (C=O) groups is 3. The van der Waals surface area contributed by atoms with Crippen molar-refractivity contribution in [3.05, 3.63) is 88.0 Å². The molecule has 2 aliphatic rings. The maximum absolute atomic E-state index is 15.0. The molecule has 9 heteroatoms. The second-order valence-corrected chi connectivity index (χ2v) is 11.0. The molecular formula is C32H31ClFN3O4. The first-order valence-electron chi connectivity index (χ1n) is 13.6. The van der Waals surface area contributed by atoms with Crippen molar-refractivity contribution in [3.63, 3.8) is 0 Å². The Hall–Kier alpha value is -4.04. The van der Waals surface area contributed by atoms with Crippen LogP contribution >= 0.6 is 11.6 Å². The molecule has 3 heterocycles. The molecule has 1 aromatic heterocycles. The second-order valence-electron chi connectivity index (χ2n) is 10.6. The highest BCUT2D eigenvalue weighted by Crippen LogP contribution is 2.38. The molecule has 0 radical (unpaired) electrons. The Balaban J connectivity index is 1.53. The molecular weight excluding hydrogens is 545 g/mol. The van der Waals surface area contributed by atoms with Crippen LogP contribution in [-0.4, -0.2) is 41.3 Å². The molecule has 0 saturated heterocycles. The lowest BCUT2D eigenvalue weighted by Gasteiger charge is -2.29. The summed E-state index contributed by atoms with van der Waals surface area (Å²) in [5.41, 5.74) is 5.22. The predicted molar refractivity (Wildman–Crippen MR) is 156 cm³/mol. The topological polar surface area (TPSA) is 88.6 Å². The zero-order valence-electron chi connectivity index (χ0n) is 23.2. The van der Waals surface area contributed by atoms with Gasteiger partial charge in [0.2, 0.25) is 11.8 Å². The number of aromatic nitrogens is 1. The van der Waals surface area contributed by atoms with E-state index in [1.807, 2.05) is 31.2 Å². The van der Waals surface area contributed by atoms with Gasteiger partial charge in [0.25, 0.3) is 0 Å². The number of hydrogen-bond donors (Lipinski definition) is 1. The van der Waals surface area contributed by atoms with Gasteiger partial charge >= 0.3 is 5.97 Å². The van der Waals surface area contributed by atoms with E-state index in [9.17, 15) is 14.4 Å². The van der Waals surface area contributed by atoms with Crippen molar-refractivity contribution in [2.45, 2.75) is 45.6 Å². The predicted octanol–water partition coefficient (Wildman–Crippen LogP) is 6.29. The average molecular weight is 576 g/mol. The standard InChI is InChI=1S/C32H31ClFN3O4/c1-18-7-10-24(33)31(34)30(18)22-16-28(38)37(17-22)27-6-4-5-19(2)32(40)36-25-13-20(14-29(39)41-3)8-9-23(25)21-11-12-35-26(27)15-21/h7-13,15-16,19,27H,4-6,14,17H2,1-3H3,(H,36,40)/t19-,27+/m1/s1. The molecule has 3 aromatic rings. The number of anilines is 1. The van der Waals surface area contributed by atoms with Gasteiger partial charge in [-0.15, -0.1) is 0 Å². The molecule has 2 amide bonds. The number of hydrogen-bond acceptors (Lipinski definition) is 5. The zero-order chi connectivity index (χ0) is 29.3. The fourth-order valence-corrected chi connectivity index (χ4v) is 5.71. The highest BCUT2D eigenvalue weighted by molar-refractivity contribution is 6.31. The Kier molecular flexibility index (Phi) is 8.22. The van der Waals surface area contributed by atoms with E-state index in [1.54, 1.807) is 30.2 Å². The lowest BCUT2D eigenvalue weighted by Crippen LogP contribution is -2.32. The number of methoxy groups -OCH3 is 1. The van der Waals surface area contributed by atoms with E-state index < -0.39 is 5.82 Å². The van der Waals surface area contributed by atoms with Crippen LogP contribution in [0, 0.1) is 18.7 Å². The van der Waals surface area contributed by atoms with E-state index in [4.69, 9.17) is 16.3 Å². The number of benzene rings is 2. The van der Waals surface area contributed by atoms with Crippen LogP contribution in [0.5, 0.6) is 0 Å². The number of esters is 1. The summed E-state index contributed by atoms with van der Waals surface area (Å²) in [6, 6.07) is 12.1. The van der Waals surface area contributed by atoms with Gasteiger partial charge < -0.3 is 15.0 Å². The minimum atomic E-state index is -0.533. The third kappa shape index (κ3) is 5.88. The van der Waals surface area contributed by atoms with Crippen molar-refractivity contribution < 1.29 is 23.5 Å². The zero-order valence-corrected chi connectivity index (χ0v) is 23.9. The molecule has 0 fully saturated rings. The van der Waals surface area contributed by atoms with Gasteiger partial charge in [-0.3, -0.25) is 19.4 Å². The van der Waals surface area contributed by atoms with Crippen LogP contribution in [0.15, 0.2) is 54.7 Å². The Bertz CT molecular complexity index is 1570. The largest absolute Gasteiger partial charge is 0.469 e. The number of pyridine rings is 1. The second kappa shape index (κ2) is 11.8. The molecule has 1 N–H and O–H groups in total. The van der Waals surface area contributed by atoms with Gasteiger partial charge in [0, 0.05) is 41.5 Å². The van der Waals surface area contributed by atoms with Gasteiger partial charge in [0.15, 0.2) is 0 Å². The molecule has 5 rings (SSSR count). The maximum Gasteiger partial charge on any atom is 0.309 e. The number of rotatable bonds is 4. The molecule has 0 saturated carbocycles. The van der Waals surface area contributed by atoms with E-state index in [-0.39, 0.29) is 47.7 Å². The first-order chi connectivity index (χ1) is 19.7. The lowest BCUT2D eigenvalue weighted by atomic mass is 9.94. The van der Waals surface area contributed by atoms with Crippen LogP contribution in [0.25, 0.3) is 16.7 Å². The number of carbonyl (C=O) groups excluding carboxylic acids is 3. The quantitative estimate of drug-likeness (QED) is 0.369. The molecule has 41 heavy (non-hydrogen) atoms. The molecule has 2 aromatic carbocycles. The Morgan fingerprint density at radius 3 is 2.76 bits per heavy atom. The van der Waals surface area contributed by atoms with Crippen LogP contribution in [0.2, 0.25) is 5.02 Å². The van der Waals surface area contributed by atoms with Crippen LogP contribution in [-0.2, 0) is 25.5 Å². The minimum Gasteiger partial charge on any atom is -0.469 e. The normalized spacial score (nSPS) is 19.0. The Morgan fingerprint density at radius 1 is 1.17 bits per heavy atom. The molecule has 0 unspecified atom stereocenters. The number of aryl methyl sites for hydroxylation is 1. The van der Waals surface area contributed by atoms with Crippen LogP contribution < -0.4 is 5.32 Å². The minimum absolute atomic E-state index is 0.0125. The molecule has 2 aliphatic heterocycles. The Labute approximate surface area is 243 Å². The molecule has 7 nitrogen and oxygen atoms in total. The van der Waals surface area contributed by atoms with Gasteiger partial charge in [-0.1, -0.05) is 43.1 Å². The summed E-state index contributed by atoms with van der Waals surface area (Å²) < 4.78 is 19.9. The van der Waals surface area contributed by atoms with Crippen LogP contribution in [0.4, 0.5) is 10.1 Å². The van der Waals surface area contributed by atoms with E-state index in [2.05, 4.69) is 10.3 Å². The van der Waals surface area contributed by atoms with Crippen LogP contribution in [0.3, 0.4) is 0 Å². The summed E-state index contributed by atoms with van der Waals surface area (Å²) in [7, 11) is 1.34. The SMILES string of the molecule is COC(=O)Cc1ccc2c(c1)NC(=O)[C@H](C)CCC[C@H](N1CC(c3c(C)ccc(Cl)c3F)=CC1=O)c1cc-2ccn1. The summed E-state index contributed by atoms with van der Waals surface area (Å²) in [6.45, 7) is 3.89. The average Bonchev–Trinajstić information content (AvgIpc) is 3.33.